The maximum atomic E-state index is 12.4. The zero-order valence-electron chi connectivity index (χ0n) is 13.5. The molecule has 0 fully saturated rings. The van der Waals surface area contributed by atoms with Crippen LogP contribution in [0.25, 0.3) is 10.9 Å². The van der Waals surface area contributed by atoms with Crippen molar-refractivity contribution in [2.24, 2.45) is 0 Å². The second kappa shape index (κ2) is 7.60. The van der Waals surface area contributed by atoms with Crippen molar-refractivity contribution < 1.29 is 14.3 Å². The van der Waals surface area contributed by atoms with Gasteiger partial charge in [-0.25, -0.2) is 4.79 Å². The number of carbonyl (C=O) groups excluding carboxylic acids is 2. The second-order valence-corrected chi connectivity index (χ2v) is 6.59. The average molecular weight is 446 g/mol. The van der Waals surface area contributed by atoms with E-state index in [1.54, 1.807) is 12.1 Å². The monoisotopic (exact) mass is 446 g/mol. The van der Waals surface area contributed by atoms with Crippen LogP contribution in [0.3, 0.4) is 0 Å². The molecule has 3 rings (SSSR count). The fourth-order valence-corrected chi connectivity index (χ4v) is 2.96. The second-order valence-electron chi connectivity index (χ2n) is 5.43. The number of nitrogens with one attached hydrogen (secondary N) is 1. The third-order valence-electron chi connectivity index (χ3n) is 3.55. The lowest BCUT2D eigenvalue weighted by Gasteiger charge is -2.10. The first kappa shape index (κ1) is 17.3. The Balaban J connectivity index is 1.71. The lowest BCUT2D eigenvalue weighted by atomic mass is 10.1. The van der Waals surface area contributed by atoms with Crippen molar-refractivity contribution in [2.75, 3.05) is 11.9 Å². The smallest absolute Gasteiger partial charge is 0.339 e. The molecule has 0 bridgehead atoms. The number of anilines is 1. The van der Waals surface area contributed by atoms with Gasteiger partial charge in [0.25, 0.3) is 5.91 Å². The Kier molecular flexibility index (Phi) is 5.28. The molecule has 0 atom stereocenters. The minimum atomic E-state index is -0.542. The highest BCUT2D eigenvalue weighted by molar-refractivity contribution is 14.1. The summed E-state index contributed by atoms with van der Waals surface area (Å²) in [6, 6.07) is 16.4. The van der Waals surface area contributed by atoms with Gasteiger partial charge in [-0.2, -0.15) is 0 Å². The van der Waals surface area contributed by atoms with Crippen molar-refractivity contribution in [1.82, 2.24) is 4.98 Å². The van der Waals surface area contributed by atoms with Crippen LogP contribution in [-0.2, 0) is 9.53 Å². The molecule has 0 radical (unpaired) electrons. The Morgan fingerprint density at radius 3 is 2.64 bits per heavy atom. The number of rotatable bonds is 4. The quantitative estimate of drug-likeness (QED) is 0.487. The number of hydrogen-bond donors (Lipinski definition) is 1. The SMILES string of the molecule is Cc1cc(C(=O)OCC(=O)Nc2ccccc2I)c2ccccc2n1. The van der Waals surface area contributed by atoms with E-state index in [-0.39, 0.29) is 12.5 Å². The highest BCUT2D eigenvalue weighted by atomic mass is 127. The van der Waals surface area contributed by atoms with Gasteiger partial charge in [-0.1, -0.05) is 30.3 Å². The molecule has 1 amide bonds. The number of hydrogen-bond acceptors (Lipinski definition) is 4. The van der Waals surface area contributed by atoms with Crippen LogP contribution in [-0.4, -0.2) is 23.5 Å². The van der Waals surface area contributed by atoms with Gasteiger partial charge in [0.1, 0.15) is 0 Å². The lowest BCUT2D eigenvalue weighted by molar-refractivity contribution is -0.119. The number of pyridine rings is 1. The topological polar surface area (TPSA) is 68.3 Å². The maximum absolute atomic E-state index is 12.4. The van der Waals surface area contributed by atoms with E-state index in [1.165, 1.54) is 0 Å². The highest BCUT2D eigenvalue weighted by Crippen LogP contribution is 2.19. The standard InChI is InChI=1S/C19H15IN2O3/c1-12-10-14(13-6-2-4-8-16(13)21-12)19(24)25-11-18(23)22-17-9-5-3-7-15(17)20/h2-10H,11H2,1H3,(H,22,23). The van der Waals surface area contributed by atoms with Crippen LogP contribution in [0.2, 0.25) is 0 Å². The summed E-state index contributed by atoms with van der Waals surface area (Å²) in [4.78, 5) is 28.8. The van der Waals surface area contributed by atoms with Gasteiger partial charge in [-0.3, -0.25) is 9.78 Å². The van der Waals surface area contributed by atoms with Crippen LogP contribution in [0.1, 0.15) is 16.1 Å². The van der Waals surface area contributed by atoms with Crippen molar-refractivity contribution in [3.8, 4) is 0 Å². The minimum Gasteiger partial charge on any atom is -0.452 e. The molecule has 25 heavy (non-hydrogen) atoms. The molecule has 1 N–H and O–H groups in total. The molecule has 0 spiro atoms. The van der Waals surface area contributed by atoms with Gasteiger partial charge in [0.05, 0.1) is 16.8 Å². The number of fused-ring (bicyclic) bond motifs is 1. The predicted octanol–water partition coefficient (Wildman–Crippen LogP) is 3.94. The molecular formula is C19H15IN2O3. The summed E-state index contributed by atoms with van der Waals surface area (Å²) in [6.45, 7) is 1.47. The molecule has 0 unspecified atom stereocenters. The van der Waals surface area contributed by atoms with Gasteiger partial charge < -0.3 is 10.1 Å². The Morgan fingerprint density at radius 2 is 1.84 bits per heavy atom. The average Bonchev–Trinajstić information content (AvgIpc) is 2.61. The number of aryl methyl sites for hydroxylation is 1. The summed E-state index contributed by atoms with van der Waals surface area (Å²) in [7, 11) is 0. The number of benzene rings is 2. The number of esters is 1. The molecule has 0 saturated carbocycles. The third kappa shape index (κ3) is 4.14. The van der Waals surface area contributed by atoms with E-state index in [2.05, 4.69) is 32.9 Å². The summed E-state index contributed by atoms with van der Waals surface area (Å²) in [5, 5.41) is 3.43. The van der Waals surface area contributed by atoms with Crippen LogP contribution in [0, 0.1) is 10.5 Å². The van der Waals surface area contributed by atoms with Crippen LogP contribution >= 0.6 is 22.6 Å². The molecule has 0 aliphatic heterocycles. The van der Waals surface area contributed by atoms with Crippen molar-refractivity contribution in [3.63, 3.8) is 0 Å². The number of aromatic nitrogens is 1. The number of halogens is 1. The fraction of sp³-hybridized carbons (Fsp3) is 0.105. The molecule has 2 aromatic carbocycles. The summed E-state index contributed by atoms with van der Waals surface area (Å²) >= 11 is 2.13. The maximum Gasteiger partial charge on any atom is 0.339 e. The molecular weight excluding hydrogens is 431 g/mol. The zero-order chi connectivity index (χ0) is 17.8. The van der Waals surface area contributed by atoms with Gasteiger partial charge in [-0.05, 0) is 53.8 Å². The molecule has 126 valence electrons. The van der Waals surface area contributed by atoms with Crippen LogP contribution < -0.4 is 5.32 Å². The Hall–Kier alpha value is -2.48. The summed E-state index contributed by atoms with van der Waals surface area (Å²) in [5.41, 5.74) is 2.53. The Morgan fingerprint density at radius 1 is 1.12 bits per heavy atom. The fourth-order valence-electron chi connectivity index (χ4n) is 2.43. The van der Waals surface area contributed by atoms with Crippen LogP contribution in [0.15, 0.2) is 54.6 Å². The van der Waals surface area contributed by atoms with E-state index in [9.17, 15) is 9.59 Å². The molecule has 5 nitrogen and oxygen atoms in total. The van der Waals surface area contributed by atoms with E-state index >= 15 is 0 Å². The molecule has 6 heteroatoms. The van der Waals surface area contributed by atoms with Gasteiger partial charge >= 0.3 is 5.97 Å². The number of amides is 1. The molecule has 1 heterocycles. The number of carbonyl (C=O) groups is 2. The Bertz CT molecular complexity index is 956. The van der Waals surface area contributed by atoms with Crippen molar-refractivity contribution in [3.05, 3.63) is 69.4 Å². The van der Waals surface area contributed by atoms with E-state index in [0.29, 0.717) is 22.3 Å². The molecule has 0 saturated heterocycles. The van der Waals surface area contributed by atoms with E-state index in [1.807, 2.05) is 49.4 Å². The predicted molar refractivity (Wildman–Crippen MR) is 105 cm³/mol. The number of nitrogens with zero attached hydrogens (tertiary/aromatic N) is 1. The normalized spacial score (nSPS) is 10.5. The number of ether oxygens (including phenoxy) is 1. The third-order valence-corrected chi connectivity index (χ3v) is 4.49. The first-order chi connectivity index (χ1) is 12.0. The van der Waals surface area contributed by atoms with Gasteiger partial charge in [0, 0.05) is 14.7 Å². The minimum absolute atomic E-state index is 0.348. The zero-order valence-corrected chi connectivity index (χ0v) is 15.6. The number of para-hydroxylation sites is 2. The van der Waals surface area contributed by atoms with Crippen molar-refractivity contribution >= 4 is 51.1 Å². The van der Waals surface area contributed by atoms with Gasteiger partial charge in [0.2, 0.25) is 0 Å². The van der Waals surface area contributed by atoms with Crippen molar-refractivity contribution in [2.45, 2.75) is 6.92 Å². The van der Waals surface area contributed by atoms with Crippen LogP contribution in [0.4, 0.5) is 5.69 Å². The van der Waals surface area contributed by atoms with E-state index in [0.717, 1.165) is 9.09 Å². The molecule has 1 aromatic heterocycles. The van der Waals surface area contributed by atoms with Gasteiger partial charge in [0.15, 0.2) is 6.61 Å². The first-order valence-corrected chi connectivity index (χ1v) is 8.70. The summed E-state index contributed by atoms with van der Waals surface area (Å²) < 4.78 is 6.10. The molecule has 0 aliphatic rings. The van der Waals surface area contributed by atoms with Crippen molar-refractivity contribution in [1.29, 1.82) is 0 Å². The van der Waals surface area contributed by atoms with E-state index < -0.39 is 5.97 Å². The molecule has 3 aromatic rings. The molecule has 0 aliphatic carbocycles. The highest BCUT2D eigenvalue weighted by Gasteiger charge is 2.15. The van der Waals surface area contributed by atoms with E-state index in [4.69, 9.17) is 4.74 Å². The van der Waals surface area contributed by atoms with Crippen LogP contribution in [0.5, 0.6) is 0 Å². The largest absolute Gasteiger partial charge is 0.452 e. The lowest BCUT2D eigenvalue weighted by Crippen LogP contribution is -2.21. The summed E-state index contributed by atoms with van der Waals surface area (Å²) in [6.07, 6.45) is 0. The first-order valence-electron chi connectivity index (χ1n) is 7.62. The Labute approximate surface area is 158 Å². The summed E-state index contributed by atoms with van der Waals surface area (Å²) in [5.74, 6) is -0.924. The van der Waals surface area contributed by atoms with Gasteiger partial charge in [-0.15, -0.1) is 0 Å².